The van der Waals surface area contributed by atoms with Gasteiger partial charge in [0, 0.05) is 10.9 Å². The van der Waals surface area contributed by atoms with Crippen LogP contribution in [0.4, 0.5) is 5.69 Å². The zero-order valence-electron chi connectivity index (χ0n) is 15.4. The van der Waals surface area contributed by atoms with Gasteiger partial charge in [0.25, 0.3) is 5.91 Å². The average Bonchev–Trinajstić information content (AvgIpc) is 3.07. The lowest BCUT2D eigenvalue weighted by Crippen LogP contribution is -2.19. The molecule has 1 aliphatic rings. The molecule has 1 N–H and O–H groups in total. The molecule has 140 valence electrons. The zero-order valence-corrected chi connectivity index (χ0v) is 16.2. The topological polar surface area (TPSA) is 59.9 Å². The highest BCUT2D eigenvalue weighted by molar-refractivity contribution is 8.18. The molecule has 0 radical (unpaired) electrons. The number of aliphatic imine (C=N–C) groups is 1. The van der Waals surface area contributed by atoms with Gasteiger partial charge in [-0.05, 0) is 47.5 Å². The molecule has 1 saturated heterocycles. The van der Waals surface area contributed by atoms with E-state index in [2.05, 4.69) is 10.3 Å². The molecule has 1 amide bonds. The van der Waals surface area contributed by atoms with Crippen molar-refractivity contribution < 1.29 is 14.3 Å². The van der Waals surface area contributed by atoms with Gasteiger partial charge in [0.2, 0.25) is 0 Å². The molecular formula is C22H18N2O3S. The number of nitrogens with one attached hydrogen (secondary N) is 1. The Morgan fingerprint density at radius 1 is 1.00 bits per heavy atom. The van der Waals surface area contributed by atoms with Crippen LogP contribution in [0.15, 0.2) is 70.6 Å². The van der Waals surface area contributed by atoms with Gasteiger partial charge in [0.1, 0.15) is 11.5 Å². The summed E-state index contributed by atoms with van der Waals surface area (Å²) in [6.07, 6.45) is 1.78. The maximum atomic E-state index is 12.4. The minimum atomic E-state index is -0.186. The second-order valence-corrected chi connectivity index (χ2v) is 7.12. The number of hydrogen-bond acceptors (Lipinski definition) is 5. The lowest BCUT2D eigenvalue weighted by Gasteiger charge is -2.07. The summed E-state index contributed by atoms with van der Waals surface area (Å²) in [5, 5.41) is 5.54. The van der Waals surface area contributed by atoms with E-state index in [-0.39, 0.29) is 5.91 Å². The third-order valence-corrected chi connectivity index (χ3v) is 5.27. The van der Waals surface area contributed by atoms with Gasteiger partial charge in [0.05, 0.1) is 24.8 Å². The van der Waals surface area contributed by atoms with Crippen molar-refractivity contribution in [3.8, 4) is 11.5 Å². The van der Waals surface area contributed by atoms with Crippen LogP contribution in [0.25, 0.3) is 16.8 Å². The Labute approximate surface area is 167 Å². The summed E-state index contributed by atoms with van der Waals surface area (Å²) in [7, 11) is 3.20. The van der Waals surface area contributed by atoms with E-state index in [0.717, 1.165) is 22.0 Å². The predicted octanol–water partition coefficient (Wildman–Crippen LogP) is 4.75. The van der Waals surface area contributed by atoms with Crippen molar-refractivity contribution >= 4 is 45.4 Å². The Hall–Kier alpha value is -3.25. The van der Waals surface area contributed by atoms with Crippen molar-refractivity contribution in [1.29, 1.82) is 0 Å². The number of benzene rings is 3. The van der Waals surface area contributed by atoms with Gasteiger partial charge in [0.15, 0.2) is 5.17 Å². The van der Waals surface area contributed by atoms with E-state index in [9.17, 15) is 4.79 Å². The van der Waals surface area contributed by atoms with E-state index >= 15 is 0 Å². The van der Waals surface area contributed by atoms with Gasteiger partial charge in [-0.3, -0.25) is 4.79 Å². The lowest BCUT2D eigenvalue weighted by molar-refractivity contribution is -0.115. The number of hydrogen-bond donors (Lipinski definition) is 1. The molecule has 6 heteroatoms. The van der Waals surface area contributed by atoms with E-state index in [1.807, 2.05) is 60.7 Å². The number of amidine groups is 1. The fraction of sp³-hybridized carbons (Fsp3) is 0.0909. The summed E-state index contributed by atoms with van der Waals surface area (Å²) < 4.78 is 10.7. The molecule has 0 aliphatic carbocycles. The first-order chi connectivity index (χ1) is 13.7. The number of carbonyl (C=O) groups excluding carboxylic acids is 1. The summed E-state index contributed by atoms with van der Waals surface area (Å²) in [5.74, 6) is 1.18. The van der Waals surface area contributed by atoms with Gasteiger partial charge in [-0.15, -0.1) is 0 Å². The molecule has 0 saturated carbocycles. The fourth-order valence-corrected chi connectivity index (χ4v) is 3.81. The summed E-state index contributed by atoms with van der Waals surface area (Å²) in [6.45, 7) is 0. The fourth-order valence-electron chi connectivity index (χ4n) is 2.99. The molecule has 0 bridgehead atoms. The molecule has 1 heterocycles. The Kier molecular flexibility index (Phi) is 5.04. The second-order valence-electron chi connectivity index (χ2n) is 6.09. The van der Waals surface area contributed by atoms with Crippen molar-refractivity contribution in [3.63, 3.8) is 0 Å². The van der Waals surface area contributed by atoms with E-state index in [1.165, 1.54) is 11.8 Å². The van der Waals surface area contributed by atoms with Crippen LogP contribution in [0.3, 0.4) is 0 Å². The summed E-state index contributed by atoms with van der Waals surface area (Å²) in [6, 6.07) is 19.4. The molecule has 3 aromatic rings. The van der Waals surface area contributed by atoms with Crippen LogP contribution in [0.1, 0.15) is 5.56 Å². The van der Waals surface area contributed by atoms with Crippen LogP contribution in [-0.4, -0.2) is 25.3 Å². The highest BCUT2D eigenvalue weighted by Gasteiger charge is 2.24. The largest absolute Gasteiger partial charge is 0.497 e. The Balaban J connectivity index is 1.68. The number of ether oxygens (including phenoxy) is 2. The highest BCUT2D eigenvalue weighted by atomic mass is 32.2. The molecule has 1 fully saturated rings. The minimum absolute atomic E-state index is 0.186. The first-order valence-corrected chi connectivity index (χ1v) is 9.49. The van der Waals surface area contributed by atoms with Gasteiger partial charge in [-0.1, -0.05) is 36.4 Å². The van der Waals surface area contributed by atoms with Crippen LogP contribution in [0.5, 0.6) is 11.5 Å². The molecule has 0 atom stereocenters. The smallest absolute Gasteiger partial charge is 0.264 e. The maximum Gasteiger partial charge on any atom is 0.264 e. The summed E-state index contributed by atoms with van der Waals surface area (Å²) in [4.78, 5) is 17.6. The number of methoxy groups -OCH3 is 2. The minimum Gasteiger partial charge on any atom is -0.497 e. The first-order valence-electron chi connectivity index (χ1n) is 8.67. The predicted molar refractivity (Wildman–Crippen MR) is 114 cm³/mol. The third kappa shape index (κ3) is 3.59. The van der Waals surface area contributed by atoms with Gasteiger partial charge >= 0.3 is 0 Å². The second kappa shape index (κ2) is 7.78. The van der Waals surface area contributed by atoms with Gasteiger partial charge in [-0.2, -0.15) is 0 Å². The number of carbonyl (C=O) groups is 1. The molecule has 0 spiro atoms. The normalized spacial score (nSPS) is 16.6. The maximum absolute atomic E-state index is 12.4. The number of rotatable bonds is 4. The Bertz CT molecular complexity index is 1120. The molecule has 3 aromatic carbocycles. The van der Waals surface area contributed by atoms with Crippen LogP contribution < -0.4 is 14.8 Å². The first kappa shape index (κ1) is 18.1. The average molecular weight is 390 g/mol. The molecule has 4 rings (SSSR count). The van der Waals surface area contributed by atoms with Crippen molar-refractivity contribution in [2.24, 2.45) is 4.99 Å². The van der Waals surface area contributed by atoms with E-state index in [4.69, 9.17) is 9.47 Å². The molecule has 0 aromatic heterocycles. The standard InChI is InChI=1S/C22H18N2O3S/c1-26-16-10-11-19(27-2)15(12-16)13-20-21(25)24-22(28-20)23-18-9-5-7-14-6-3-4-8-17(14)18/h3-13H,1-2H3,(H,23,24,25). The number of thioether (sulfide) groups is 1. The van der Waals surface area contributed by atoms with E-state index in [0.29, 0.717) is 21.6 Å². The van der Waals surface area contributed by atoms with E-state index < -0.39 is 0 Å². The van der Waals surface area contributed by atoms with Crippen LogP contribution >= 0.6 is 11.8 Å². The molecule has 5 nitrogen and oxygen atoms in total. The Morgan fingerprint density at radius 2 is 1.82 bits per heavy atom. The molecular weight excluding hydrogens is 372 g/mol. The third-order valence-electron chi connectivity index (χ3n) is 4.36. The zero-order chi connectivity index (χ0) is 19.5. The van der Waals surface area contributed by atoms with Crippen LogP contribution in [0.2, 0.25) is 0 Å². The van der Waals surface area contributed by atoms with Crippen LogP contribution in [-0.2, 0) is 4.79 Å². The number of fused-ring (bicyclic) bond motifs is 1. The quantitative estimate of drug-likeness (QED) is 0.653. The van der Waals surface area contributed by atoms with Gasteiger partial charge < -0.3 is 14.8 Å². The number of amides is 1. The van der Waals surface area contributed by atoms with Crippen molar-refractivity contribution in [2.75, 3.05) is 14.2 Å². The Morgan fingerprint density at radius 3 is 2.64 bits per heavy atom. The van der Waals surface area contributed by atoms with E-state index in [1.54, 1.807) is 20.3 Å². The van der Waals surface area contributed by atoms with Crippen molar-refractivity contribution in [1.82, 2.24) is 5.32 Å². The SMILES string of the molecule is COc1ccc(OC)c(C=C2SC(=Nc3cccc4ccccc34)NC2=O)c1. The summed E-state index contributed by atoms with van der Waals surface area (Å²) >= 11 is 1.30. The molecule has 0 unspecified atom stereocenters. The summed E-state index contributed by atoms with van der Waals surface area (Å²) in [5.41, 5.74) is 1.59. The highest BCUT2D eigenvalue weighted by Crippen LogP contribution is 2.33. The van der Waals surface area contributed by atoms with Crippen molar-refractivity contribution in [2.45, 2.75) is 0 Å². The molecule has 1 aliphatic heterocycles. The van der Waals surface area contributed by atoms with Crippen LogP contribution in [0, 0.1) is 0 Å². The van der Waals surface area contributed by atoms with Gasteiger partial charge in [-0.25, -0.2) is 4.99 Å². The monoisotopic (exact) mass is 390 g/mol. The lowest BCUT2D eigenvalue weighted by atomic mass is 10.1. The number of nitrogens with zero attached hydrogens (tertiary/aromatic N) is 1. The van der Waals surface area contributed by atoms with Crippen molar-refractivity contribution in [3.05, 3.63) is 71.1 Å². The molecule has 28 heavy (non-hydrogen) atoms.